The lowest BCUT2D eigenvalue weighted by molar-refractivity contribution is 0.182. The molecule has 0 spiro atoms. The van der Waals surface area contributed by atoms with Crippen LogP contribution in [0.25, 0.3) is 0 Å². The summed E-state index contributed by atoms with van der Waals surface area (Å²) in [6, 6.07) is 6.58. The molecule has 0 saturated carbocycles. The van der Waals surface area contributed by atoms with Gasteiger partial charge in [-0.25, -0.2) is 4.72 Å². The molecule has 0 fully saturated rings. The van der Waals surface area contributed by atoms with Crippen molar-refractivity contribution in [1.82, 2.24) is 9.44 Å². The van der Waals surface area contributed by atoms with Gasteiger partial charge in [0.05, 0.1) is 6.10 Å². The quantitative estimate of drug-likeness (QED) is 0.518. The van der Waals surface area contributed by atoms with Gasteiger partial charge in [0.25, 0.3) is 10.2 Å². The fraction of sp³-hybridized carbons (Fsp3) is 0.333. The molecule has 0 radical (unpaired) electrons. The summed E-state index contributed by atoms with van der Waals surface area (Å²) in [6.45, 7) is -0.0902. The van der Waals surface area contributed by atoms with Crippen LogP contribution in [0.2, 0.25) is 0 Å². The van der Waals surface area contributed by atoms with Crippen LogP contribution in [0.4, 0.5) is 5.69 Å². The fourth-order valence-corrected chi connectivity index (χ4v) is 1.62. The van der Waals surface area contributed by atoms with E-state index in [2.05, 4.69) is 9.44 Å². The van der Waals surface area contributed by atoms with Crippen molar-refractivity contribution in [2.45, 2.75) is 6.10 Å². The highest BCUT2D eigenvalue weighted by atomic mass is 32.2. The third kappa shape index (κ3) is 3.78. The highest BCUT2D eigenvalue weighted by Gasteiger charge is 2.11. The smallest absolute Gasteiger partial charge is 0.276 e. The van der Waals surface area contributed by atoms with Crippen molar-refractivity contribution in [3.05, 3.63) is 29.8 Å². The Morgan fingerprint density at radius 2 is 1.94 bits per heavy atom. The minimum absolute atomic E-state index is 0.0902. The highest BCUT2D eigenvalue weighted by molar-refractivity contribution is 7.87. The second-order valence-corrected chi connectivity index (χ2v) is 4.94. The first-order chi connectivity index (χ1) is 7.44. The van der Waals surface area contributed by atoms with Crippen molar-refractivity contribution in [2.24, 2.45) is 0 Å². The summed E-state index contributed by atoms with van der Waals surface area (Å²) in [4.78, 5) is 0. The molecular formula is C9H15N3O3S. The van der Waals surface area contributed by atoms with Crippen molar-refractivity contribution in [2.75, 3.05) is 19.3 Å². The fourth-order valence-electron chi connectivity index (χ4n) is 1.10. The zero-order chi connectivity index (χ0) is 12.2. The molecular weight excluding hydrogens is 230 g/mol. The Morgan fingerprint density at radius 1 is 1.38 bits per heavy atom. The Morgan fingerprint density at radius 3 is 2.44 bits per heavy atom. The summed E-state index contributed by atoms with van der Waals surface area (Å²) in [5.41, 5.74) is 6.68. The van der Waals surface area contributed by atoms with Crippen molar-refractivity contribution < 1.29 is 13.5 Å². The lowest BCUT2D eigenvalue weighted by Crippen LogP contribution is -2.36. The molecule has 0 aliphatic rings. The number of anilines is 1. The van der Waals surface area contributed by atoms with Gasteiger partial charge in [0.15, 0.2) is 0 Å². The minimum Gasteiger partial charge on any atom is -0.399 e. The number of hydrogen-bond acceptors (Lipinski definition) is 4. The van der Waals surface area contributed by atoms with Crippen molar-refractivity contribution in [3.8, 4) is 0 Å². The van der Waals surface area contributed by atoms with E-state index in [1.165, 1.54) is 7.05 Å². The van der Waals surface area contributed by atoms with E-state index < -0.39 is 16.3 Å². The normalized spacial score (nSPS) is 13.6. The third-order valence-corrected chi connectivity index (χ3v) is 3.14. The van der Waals surface area contributed by atoms with Crippen LogP contribution < -0.4 is 15.2 Å². The Kier molecular flexibility index (Phi) is 4.25. The molecule has 1 rings (SSSR count). The number of hydrogen-bond donors (Lipinski definition) is 4. The van der Waals surface area contributed by atoms with E-state index in [4.69, 9.17) is 5.73 Å². The first-order valence-electron chi connectivity index (χ1n) is 4.66. The first kappa shape index (κ1) is 12.9. The monoisotopic (exact) mass is 245 g/mol. The van der Waals surface area contributed by atoms with Crippen molar-refractivity contribution in [1.29, 1.82) is 0 Å². The van der Waals surface area contributed by atoms with Crippen LogP contribution >= 0.6 is 0 Å². The molecule has 16 heavy (non-hydrogen) atoms. The van der Waals surface area contributed by atoms with Crippen LogP contribution in [0, 0.1) is 0 Å². The second kappa shape index (κ2) is 5.26. The van der Waals surface area contributed by atoms with Crippen LogP contribution in [0.15, 0.2) is 24.3 Å². The number of rotatable bonds is 5. The average Bonchev–Trinajstić information content (AvgIpc) is 2.27. The largest absolute Gasteiger partial charge is 0.399 e. The van der Waals surface area contributed by atoms with Gasteiger partial charge in [0.2, 0.25) is 0 Å². The van der Waals surface area contributed by atoms with Crippen LogP contribution in [0.1, 0.15) is 11.7 Å². The molecule has 0 saturated heterocycles. The van der Waals surface area contributed by atoms with E-state index in [1.807, 2.05) is 0 Å². The molecule has 0 heterocycles. The van der Waals surface area contributed by atoms with Crippen molar-refractivity contribution >= 4 is 15.9 Å². The first-order valence-corrected chi connectivity index (χ1v) is 6.14. The summed E-state index contributed by atoms with van der Waals surface area (Å²) in [5.74, 6) is 0. The van der Waals surface area contributed by atoms with Gasteiger partial charge in [0, 0.05) is 19.3 Å². The van der Waals surface area contributed by atoms with Crippen LogP contribution in [-0.4, -0.2) is 27.1 Å². The van der Waals surface area contributed by atoms with E-state index in [0.717, 1.165) is 0 Å². The van der Waals surface area contributed by atoms with Gasteiger partial charge < -0.3 is 10.8 Å². The third-order valence-electron chi connectivity index (χ3n) is 2.06. The van der Waals surface area contributed by atoms with Gasteiger partial charge >= 0.3 is 0 Å². The highest BCUT2D eigenvalue weighted by Crippen LogP contribution is 2.13. The van der Waals surface area contributed by atoms with Gasteiger partial charge in [-0.2, -0.15) is 13.1 Å². The maximum absolute atomic E-state index is 11.0. The number of nitrogens with one attached hydrogen (secondary N) is 2. The summed E-state index contributed by atoms with van der Waals surface area (Å²) in [7, 11) is -2.23. The number of nitrogen functional groups attached to an aromatic ring is 1. The predicted molar refractivity (Wildman–Crippen MR) is 61.8 cm³/mol. The lowest BCUT2D eigenvalue weighted by atomic mass is 10.1. The van der Waals surface area contributed by atoms with Gasteiger partial charge in [-0.3, -0.25) is 0 Å². The van der Waals surface area contributed by atoms with Gasteiger partial charge in [-0.15, -0.1) is 0 Å². The lowest BCUT2D eigenvalue weighted by Gasteiger charge is -2.12. The number of aliphatic hydroxyl groups is 1. The molecule has 0 aromatic heterocycles. The molecule has 0 aliphatic carbocycles. The van der Waals surface area contributed by atoms with E-state index in [1.54, 1.807) is 24.3 Å². The number of nitrogens with two attached hydrogens (primary N) is 1. The maximum Gasteiger partial charge on any atom is 0.276 e. The maximum atomic E-state index is 11.0. The number of aliphatic hydroxyl groups excluding tert-OH is 1. The molecule has 1 atom stereocenters. The predicted octanol–water partition coefficient (Wildman–Crippen LogP) is -0.644. The molecule has 5 N–H and O–H groups in total. The topological polar surface area (TPSA) is 104 Å². The van der Waals surface area contributed by atoms with Crippen molar-refractivity contribution in [3.63, 3.8) is 0 Å². The van der Waals surface area contributed by atoms with E-state index in [0.29, 0.717) is 11.3 Å². The van der Waals surface area contributed by atoms with Gasteiger partial charge in [0.1, 0.15) is 0 Å². The molecule has 6 nitrogen and oxygen atoms in total. The Labute approximate surface area is 94.7 Å². The standard InChI is InChI=1S/C9H15N3O3S/c1-11-16(14,15)12-6-9(13)7-2-4-8(10)5-3-7/h2-5,9,11-13H,6,10H2,1H3. The molecule has 1 unspecified atom stereocenters. The molecule has 1 aromatic rings. The van der Waals surface area contributed by atoms with Crippen LogP contribution in [0.3, 0.4) is 0 Å². The number of benzene rings is 1. The summed E-state index contributed by atoms with van der Waals surface area (Å²) < 4.78 is 26.4. The molecule has 90 valence electrons. The zero-order valence-corrected chi connectivity index (χ0v) is 9.66. The van der Waals surface area contributed by atoms with Crippen LogP contribution in [-0.2, 0) is 10.2 Å². The van der Waals surface area contributed by atoms with Gasteiger partial charge in [-0.05, 0) is 17.7 Å². The molecule has 1 aromatic carbocycles. The average molecular weight is 245 g/mol. The van der Waals surface area contributed by atoms with Gasteiger partial charge in [-0.1, -0.05) is 12.1 Å². The SMILES string of the molecule is CNS(=O)(=O)NCC(O)c1ccc(N)cc1. The van der Waals surface area contributed by atoms with E-state index in [9.17, 15) is 13.5 Å². The summed E-state index contributed by atoms with van der Waals surface area (Å²) >= 11 is 0. The molecule has 0 aliphatic heterocycles. The van der Waals surface area contributed by atoms with E-state index in [-0.39, 0.29) is 6.54 Å². The minimum atomic E-state index is -3.52. The summed E-state index contributed by atoms with van der Waals surface area (Å²) in [5, 5.41) is 9.67. The Bertz CT molecular complexity index is 430. The van der Waals surface area contributed by atoms with E-state index >= 15 is 0 Å². The van der Waals surface area contributed by atoms with Crippen LogP contribution in [0.5, 0.6) is 0 Å². The Hall–Kier alpha value is -1.15. The molecule has 7 heteroatoms. The summed E-state index contributed by atoms with van der Waals surface area (Å²) in [6.07, 6.45) is -0.899. The molecule has 0 bridgehead atoms. The molecule has 0 amide bonds. The Balaban J connectivity index is 2.59. The zero-order valence-electron chi connectivity index (χ0n) is 8.84. The second-order valence-electron chi connectivity index (χ2n) is 3.24.